The average Bonchev–Trinajstić information content (AvgIpc) is 3.15. The number of amides is 2. The first-order valence-corrected chi connectivity index (χ1v) is 9.90. The van der Waals surface area contributed by atoms with Crippen molar-refractivity contribution in [3.05, 3.63) is 35.4 Å². The van der Waals surface area contributed by atoms with Gasteiger partial charge >= 0.3 is 0 Å². The minimum atomic E-state index is 0.0124. The van der Waals surface area contributed by atoms with E-state index in [0.29, 0.717) is 32.1 Å². The molecule has 2 aliphatic rings. The number of carbonyl (C=O) groups is 2. The number of nitrogens with two attached hydrogens (primary N) is 1. The lowest BCUT2D eigenvalue weighted by molar-refractivity contribution is -0.140. The van der Waals surface area contributed by atoms with E-state index in [1.807, 2.05) is 17.0 Å². The molecule has 0 aromatic heterocycles. The Labute approximate surface area is 156 Å². The van der Waals surface area contributed by atoms with Gasteiger partial charge in [-0.3, -0.25) is 9.59 Å². The van der Waals surface area contributed by atoms with Crippen LogP contribution >= 0.6 is 0 Å². The van der Waals surface area contributed by atoms with Gasteiger partial charge in [-0.25, -0.2) is 0 Å². The molecule has 1 aliphatic carbocycles. The molecule has 1 aliphatic heterocycles. The third-order valence-corrected chi connectivity index (χ3v) is 6.04. The summed E-state index contributed by atoms with van der Waals surface area (Å²) >= 11 is 0. The van der Waals surface area contributed by atoms with Crippen molar-refractivity contribution in [2.45, 2.75) is 45.6 Å². The summed E-state index contributed by atoms with van der Waals surface area (Å²) < 4.78 is 0. The molecule has 2 atom stereocenters. The van der Waals surface area contributed by atoms with Gasteiger partial charge < -0.3 is 16.0 Å². The van der Waals surface area contributed by atoms with E-state index in [1.165, 1.54) is 5.56 Å². The number of aryl methyl sites for hydroxylation is 1. The molecular formula is C21H31N3O2. The van der Waals surface area contributed by atoms with Crippen molar-refractivity contribution in [1.29, 1.82) is 0 Å². The molecule has 1 aromatic carbocycles. The fourth-order valence-electron chi connectivity index (χ4n) is 4.28. The van der Waals surface area contributed by atoms with Crippen LogP contribution in [0.15, 0.2) is 24.3 Å². The van der Waals surface area contributed by atoms with Crippen LogP contribution in [0, 0.1) is 24.7 Å². The topological polar surface area (TPSA) is 75.4 Å². The van der Waals surface area contributed by atoms with E-state index < -0.39 is 0 Å². The van der Waals surface area contributed by atoms with Gasteiger partial charge in [0.25, 0.3) is 0 Å². The SMILES string of the molecule is Cc1ccc(CNC(=O)C2CCN(C(=O)[C@@H]3CCC[C@@H]3CN)CC2)cc1. The molecule has 1 saturated carbocycles. The Hall–Kier alpha value is -1.88. The Morgan fingerprint density at radius 1 is 1.12 bits per heavy atom. The number of carbonyl (C=O) groups excluding carboxylic acids is 2. The van der Waals surface area contributed by atoms with Gasteiger partial charge in [0.1, 0.15) is 0 Å². The number of piperidine rings is 1. The Morgan fingerprint density at radius 2 is 1.81 bits per heavy atom. The summed E-state index contributed by atoms with van der Waals surface area (Å²) in [6.07, 6.45) is 4.66. The minimum Gasteiger partial charge on any atom is -0.352 e. The first-order valence-electron chi connectivity index (χ1n) is 9.90. The Kier molecular flexibility index (Phi) is 6.30. The standard InChI is InChI=1S/C21H31N3O2/c1-15-5-7-16(8-6-15)14-23-20(25)17-9-11-24(12-10-17)21(26)19-4-2-3-18(19)13-22/h5-8,17-19H,2-4,9-14,22H2,1H3,(H,23,25)/t18-,19-/m1/s1. The highest BCUT2D eigenvalue weighted by molar-refractivity contribution is 5.81. The van der Waals surface area contributed by atoms with E-state index in [2.05, 4.69) is 24.4 Å². The van der Waals surface area contributed by atoms with Crippen molar-refractivity contribution in [1.82, 2.24) is 10.2 Å². The summed E-state index contributed by atoms with van der Waals surface area (Å²) in [7, 11) is 0. The molecule has 5 heteroatoms. The predicted octanol–water partition coefficient (Wildman–Crippen LogP) is 2.22. The van der Waals surface area contributed by atoms with Gasteiger partial charge in [0, 0.05) is 31.5 Å². The smallest absolute Gasteiger partial charge is 0.226 e. The van der Waals surface area contributed by atoms with Crippen LogP contribution < -0.4 is 11.1 Å². The maximum atomic E-state index is 12.8. The summed E-state index contributed by atoms with van der Waals surface area (Å²) in [5, 5.41) is 3.04. The van der Waals surface area contributed by atoms with E-state index in [9.17, 15) is 9.59 Å². The predicted molar refractivity (Wildman–Crippen MR) is 102 cm³/mol. The summed E-state index contributed by atoms with van der Waals surface area (Å²) in [5.74, 6) is 0.832. The molecule has 0 spiro atoms. The van der Waals surface area contributed by atoms with E-state index in [-0.39, 0.29) is 23.7 Å². The van der Waals surface area contributed by atoms with E-state index in [1.54, 1.807) is 0 Å². The van der Waals surface area contributed by atoms with Crippen molar-refractivity contribution in [3.8, 4) is 0 Å². The molecule has 5 nitrogen and oxygen atoms in total. The second kappa shape index (κ2) is 8.67. The van der Waals surface area contributed by atoms with Crippen LogP contribution in [0.3, 0.4) is 0 Å². The highest BCUT2D eigenvalue weighted by atomic mass is 16.2. The monoisotopic (exact) mass is 357 g/mol. The molecule has 26 heavy (non-hydrogen) atoms. The van der Waals surface area contributed by atoms with E-state index in [0.717, 1.165) is 37.7 Å². The van der Waals surface area contributed by atoms with Crippen LogP contribution in [0.4, 0.5) is 0 Å². The molecule has 3 rings (SSSR count). The number of hydrogen-bond acceptors (Lipinski definition) is 3. The molecule has 0 unspecified atom stereocenters. The molecular weight excluding hydrogens is 326 g/mol. The zero-order chi connectivity index (χ0) is 18.5. The van der Waals surface area contributed by atoms with Crippen molar-refractivity contribution < 1.29 is 9.59 Å². The lowest BCUT2D eigenvalue weighted by Gasteiger charge is -2.34. The van der Waals surface area contributed by atoms with Crippen molar-refractivity contribution >= 4 is 11.8 Å². The number of benzene rings is 1. The second-order valence-electron chi connectivity index (χ2n) is 7.84. The van der Waals surface area contributed by atoms with Gasteiger partial charge in [-0.1, -0.05) is 36.2 Å². The number of nitrogens with zero attached hydrogens (tertiary/aromatic N) is 1. The molecule has 142 valence electrons. The summed E-state index contributed by atoms with van der Waals surface area (Å²) in [6, 6.07) is 8.21. The van der Waals surface area contributed by atoms with Gasteiger partial charge in [-0.2, -0.15) is 0 Å². The molecule has 2 amide bonds. The summed E-state index contributed by atoms with van der Waals surface area (Å²) in [4.78, 5) is 27.2. The average molecular weight is 357 g/mol. The van der Waals surface area contributed by atoms with Gasteiger partial charge in [-0.05, 0) is 50.6 Å². The maximum absolute atomic E-state index is 12.8. The molecule has 3 N–H and O–H groups in total. The van der Waals surface area contributed by atoms with Crippen molar-refractivity contribution in [2.24, 2.45) is 23.5 Å². The fourth-order valence-corrected chi connectivity index (χ4v) is 4.28. The first kappa shape index (κ1) is 18.9. The highest BCUT2D eigenvalue weighted by Gasteiger charge is 2.36. The number of rotatable bonds is 5. The van der Waals surface area contributed by atoms with Gasteiger partial charge in [0.05, 0.1) is 0 Å². The molecule has 0 bridgehead atoms. The zero-order valence-electron chi connectivity index (χ0n) is 15.7. The largest absolute Gasteiger partial charge is 0.352 e. The summed E-state index contributed by atoms with van der Waals surface area (Å²) in [5.41, 5.74) is 8.15. The number of likely N-dealkylation sites (tertiary alicyclic amines) is 1. The highest BCUT2D eigenvalue weighted by Crippen LogP contribution is 2.33. The van der Waals surface area contributed by atoms with Crippen molar-refractivity contribution in [2.75, 3.05) is 19.6 Å². The van der Waals surface area contributed by atoms with E-state index in [4.69, 9.17) is 5.73 Å². The first-order chi connectivity index (χ1) is 12.6. The van der Waals surface area contributed by atoms with Gasteiger partial charge in [0.2, 0.25) is 11.8 Å². The molecule has 2 fully saturated rings. The van der Waals surface area contributed by atoms with Crippen LogP contribution in [-0.4, -0.2) is 36.3 Å². The molecule has 0 radical (unpaired) electrons. The van der Waals surface area contributed by atoms with Crippen LogP contribution in [0.25, 0.3) is 0 Å². The Balaban J connectivity index is 1.44. The van der Waals surface area contributed by atoms with Crippen molar-refractivity contribution in [3.63, 3.8) is 0 Å². The third-order valence-electron chi connectivity index (χ3n) is 6.04. The van der Waals surface area contributed by atoms with Gasteiger partial charge in [0.15, 0.2) is 0 Å². The van der Waals surface area contributed by atoms with Crippen LogP contribution in [0.1, 0.15) is 43.2 Å². The second-order valence-corrected chi connectivity index (χ2v) is 7.84. The molecule has 1 aromatic rings. The zero-order valence-corrected chi connectivity index (χ0v) is 15.7. The maximum Gasteiger partial charge on any atom is 0.226 e. The van der Waals surface area contributed by atoms with Crippen LogP contribution in [0.2, 0.25) is 0 Å². The van der Waals surface area contributed by atoms with Crippen LogP contribution in [-0.2, 0) is 16.1 Å². The van der Waals surface area contributed by atoms with Crippen LogP contribution in [0.5, 0.6) is 0 Å². The Bertz CT molecular complexity index is 621. The lowest BCUT2D eigenvalue weighted by Crippen LogP contribution is -2.46. The molecule has 1 heterocycles. The Morgan fingerprint density at radius 3 is 2.46 bits per heavy atom. The minimum absolute atomic E-state index is 0.0124. The number of nitrogens with one attached hydrogen (secondary N) is 1. The molecule has 1 saturated heterocycles. The lowest BCUT2D eigenvalue weighted by atomic mass is 9.91. The summed E-state index contributed by atoms with van der Waals surface area (Å²) in [6.45, 7) is 4.61. The fraction of sp³-hybridized carbons (Fsp3) is 0.619. The quantitative estimate of drug-likeness (QED) is 0.848. The normalized spacial score (nSPS) is 23.8. The number of hydrogen-bond donors (Lipinski definition) is 2. The third kappa shape index (κ3) is 4.44. The van der Waals surface area contributed by atoms with Gasteiger partial charge in [-0.15, -0.1) is 0 Å². The van der Waals surface area contributed by atoms with E-state index >= 15 is 0 Å².